The molecule has 0 aliphatic carbocycles. The van der Waals surface area contributed by atoms with E-state index < -0.39 is 0 Å². The zero-order valence-corrected chi connectivity index (χ0v) is 13.3. The first-order chi connectivity index (χ1) is 11.3. The number of likely N-dealkylation sites (tertiary alicyclic amines) is 1. The zero-order chi connectivity index (χ0) is 15.6. The molecule has 0 bridgehead atoms. The van der Waals surface area contributed by atoms with Gasteiger partial charge in [0.05, 0.1) is 6.04 Å². The van der Waals surface area contributed by atoms with Crippen molar-refractivity contribution in [2.24, 2.45) is 0 Å². The molecular formula is C18H23N3O2. The number of amides is 1. The summed E-state index contributed by atoms with van der Waals surface area (Å²) in [6.07, 6.45) is 6.21. The average Bonchev–Trinajstić information content (AvgIpc) is 3.06. The summed E-state index contributed by atoms with van der Waals surface area (Å²) in [4.78, 5) is 17.5. The smallest absolute Gasteiger partial charge is 0.237 e. The number of nitrogens with zero attached hydrogens (tertiary/aromatic N) is 1. The van der Waals surface area contributed by atoms with Gasteiger partial charge in [-0.1, -0.05) is 6.07 Å². The van der Waals surface area contributed by atoms with Crippen molar-refractivity contribution in [2.45, 2.75) is 37.8 Å². The van der Waals surface area contributed by atoms with Crippen molar-refractivity contribution in [3.63, 3.8) is 0 Å². The fraction of sp³-hybridized carbons (Fsp3) is 0.500. The van der Waals surface area contributed by atoms with Crippen LogP contribution in [-0.4, -0.2) is 47.6 Å². The van der Waals surface area contributed by atoms with Gasteiger partial charge in [-0.25, -0.2) is 0 Å². The Morgan fingerprint density at radius 2 is 2.00 bits per heavy atom. The van der Waals surface area contributed by atoms with Crippen molar-refractivity contribution in [1.82, 2.24) is 15.2 Å². The van der Waals surface area contributed by atoms with Crippen molar-refractivity contribution in [3.8, 4) is 5.75 Å². The number of fused-ring (bicyclic) bond motifs is 1. The molecule has 2 aliphatic heterocycles. The van der Waals surface area contributed by atoms with Crippen LogP contribution in [0.25, 0.3) is 10.9 Å². The molecule has 2 fully saturated rings. The van der Waals surface area contributed by atoms with Crippen molar-refractivity contribution in [3.05, 3.63) is 30.5 Å². The van der Waals surface area contributed by atoms with Gasteiger partial charge in [0.1, 0.15) is 11.9 Å². The molecule has 0 radical (unpaired) electrons. The van der Waals surface area contributed by atoms with Crippen LogP contribution >= 0.6 is 0 Å². The van der Waals surface area contributed by atoms with Crippen molar-refractivity contribution >= 4 is 16.8 Å². The molecule has 1 unspecified atom stereocenters. The lowest BCUT2D eigenvalue weighted by Gasteiger charge is -2.38. The van der Waals surface area contributed by atoms with Crippen LogP contribution in [0, 0.1) is 0 Å². The third-order valence-electron chi connectivity index (χ3n) is 5.02. The van der Waals surface area contributed by atoms with E-state index in [2.05, 4.69) is 27.3 Å². The van der Waals surface area contributed by atoms with Gasteiger partial charge in [0.2, 0.25) is 5.91 Å². The Kier molecular flexibility index (Phi) is 3.95. The molecule has 1 amide bonds. The lowest BCUT2D eigenvalue weighted by Crippen LogP contribution is -2.53. The molecule has 4 rings (SSSR count). The van der Waals surface area contributed by atoms with E-state index in [1.807, 2.05) is 18.3 Å². The van der Waals surface area contributed by atoms with Crippen LogP contribution in [0.1, 0.15) is 25.7 Å². The largest absolute Gasteiger partial charge is 0.490 e. The molecule has 3 heterocycles. The summed E-state index contributed by atoms with van der Waals surface area (Å²) in [6.45, 7) is 2.70. The van der Waals surface area contributed by atoms with Crippen LogP contribution < -0.4 is 10.1 Å². The van der Waals surface area contributed by atoms with Crippen molar-refractivity contribution in [2.75, 3.05) is 19.6 Å². The minimum Gasteiger partial charge on any atom is -0.490 e. The number of piperidine rings is 2. The zero-order valence-electron chi connectivity index (χ0n) is 13.3. The van der Waals surface area contributed by atoms with Gasteiger partial charge >= 0.3 is 0 Å². The Morgan fingerprint density at radius 3 is 2.83 bits per heavy atom. The Bertz CT molecular complexity index is 688. The van der Waals surface area contributed by atoms with Gasteiger partial charge in [-0.2, -0.15) is 0 Å². The maximum atomic E-state index is 12.0. The average molecular weight is 313 g/mol. The topological polar surface area (TPSA) is 57.4 Å². The molecule has 0 saturated carbocycles. The Hall–Kier alpha value is -2.01. The minimum atomic E-state index is 0.0674. The second-order valence-electron chi connectivity index (χ2n) is 6.50. The van der Waals surface area contributed by atoms with Gasteiger partial charge < -0.3 is 15.0 Å². The molecule has 0 spiro atoms. The molecule has 23 heavy (non-hydrogen) atoms. The lowest BCUT2D eigenvalue weighted by molar-refractivity contribution is -0.129. The third kappa shape index (κ3) is 2.93. The maximum Gasteiger partial charge on any atom is 0.237 e. The molecule has 2 aromatic rings. The highest BCUT2D eigenvalue weighted by Crippen LogP contribution is 2.28. The highest BCUT2D eigenvalue weighted by atomic mass is 16.5. The predicted octanol–water partition coefficient (Wildman–Crippen LogP) is 2.29. The first-order valence-electron chi connectivity index (χ1n) is 8.56. The number of carbonyl (C=O) groups is 1. The highest BCUT2D eigenvalue weighted by molar-refractivity contribution is 5.85. The van der Waals surface area contributed by atoms with Crippen LogP contribution in [-0.2, 0) is 4.79 Å². The summed E-state index contributed by atoms with van der Waals surface area (Å²) >= 11 is 0. The van der Waals surface area contributed by atoms with Crippen LogP contribution in [0.15, 0.2) is 30.5 Å². The summed E-state index contributed by atoms with van der Waals surface area (Å²) in [5.74, 6) is 1.16. The van der Waals surface area contributed by atoms with E-state index in [-0.39, 0.29) is 18.1 Å². The van der Waals surface area contributed by atoms with Gasteiger partial charge in [-0.15, -0.1) is 0 Å². The predicted molar refractivity (Wildman–Crippen MR) is 89.6 cm³/mol. The molecule has 2 saturated heterocycles. The molecule has 1 aromatic carbocycles. The van der Waals surface area contributed by atoms with Gasteiger partial charge in [0.25, 0.3) is 0 Å². The second-order valence-corrected chi connectivity index (χ2v) is 6.50. The van der Waals surface area contributed by atoms with Gasteiger partial charge in [0, 0.05) is 36.7 Å². The third-order valence-corrected chi connectivity index (χ3v) is 5.02. The minimum absolute atomic E-state index is 0.0674. The van der Waals surface area contributed by atoms with Crippen LogP contribution in [0.4, 0.5) is 0 Å². The molecular weight excluding hydrogens is 290 g/mol. The second kappa shape index (κ2) is 6.24. The van der Waals surface area contributed by atoms with Crippen LogP contribution in [0.2, 0.25) is 0 Å². The van der Waals surface area contributed by atoms with Crippen molar-refractivity contribution < 1.29 is 9.53 Å². The number of rotatable bonds is 3. The molecule has 1 atom stereocenters. The lowest BCUT2D eigenvalue weighted by atomic mass is 10.00. The Balaban J connectivity index is 1.38. The molecule has 5 nitrogen and oxygen atoms in total. The summed E-state index contributed by atoms with van der Waals surface area (Å²) in [5, 5.41) is 4.12. The highest BCUT2D eigenvalue weighted by Gasteiger charge is 2.31. The van der Waals surface area contributed by atoms with E-state index >= 15 is 0 Å². The molecule has 5 heteroatoms. The molecule has 2 aliphatic rings. The van der Waals surface area contributed by atoms with Gasteiger partial charge in [-0.3, -0.25) is 9.69 Å². The van der Waals surface area contributed by atoms with Crippen molar-refractivity contribution in [1.29, 1.82) is 0 Å². The number of hydrogen-bond acceptors (Lipinski definition) is 3. The SMILES string of the molecule is O=C1NCCCC1N1CCC(Oc2cccc3[nH]ccc23)CC1. The van der Waals surface area contributed by atoms with Crippen LogP contribution in [0.3, 0.4) is 0 Å². The maximum absolute atomic E-state index is 12.0. The first kappa shape index (κ1) is 14.6. The number of aromatic amines is 1. The quantitative estimate of drug-likeness (QED) is 0.914. The first-order valence-corrected chi connectivity index (χ1v) is 8.56. The number of carbonyl (C=O) groups excluding carboxylic acids is 1. The molecule has 1 aromatic heterocycles. The number of aromatic nitrogens is 1. The molecule has 2 N–H and O–H groups in total. The van der Waals surface area contributed by atoms with E-state index in [1.165, 1.54) is 0 Å². The standard InChI is InChI=1S/C18H23N3O2/c22-18-16(4-2-9-20-18)21-11-7-13(8-12-21)23-17-5-1-3-15-14(17)6-10-19-15/h1,3,5-6,10,13,16,19H,2,4,7-9,11-12H2,(H,20,22). The molecule has 122 valence electrons. The summed E-state index contributed by atoms with van der Waals surface area (Å²) in [6, 6.07) is 8.25. The van der Waals surface area contributed by atoms with Crippen LogP contribution in [0.5, 0.6) is 5.75 Å². The number of benzene rings is 1. The van der Waals surface area contributed by atoms with E-state index in [4.69, 9.17) is 4.74 Å². The van der Waals surface area contributed by atoms with E-state index in [1.54, 1.807) is 0 Å². The van der Waals surface area contributed by atoms with Gasteiger partial charge in [0.15, 0.2) is 0 Å². The Morgan fingerprint density at radius 1 is 1.13 bits per heavy atom. The van der Waals surface area contributed by atoms with E-state index in [0.29, 0.717) is 0 Å². The number of ether oxygens (including phenoxy) is 1. The van der Waals surface area contributed by atoms with E-state index in [0.717, 1.165) is 62.0 Å². The monoisotopic (exact) mass is 313 g/mol. The van der Waals surface area contributed by atoms with E-state index in [9.17, 15) is 4.79 Å². The number of H-pyrrole nitrogens is 1. The fourth-order valence-corrected chi connectivity index (χ4v) is 3.75. The number of nitrogens with one attached hydrogen (secondary N) is 2. The summed E-state index contributed by atoms with van der Waals surface area (Å²) in [5.41, 5.74) is 1.11. The fourth-order valence-electron chi connectivity index (χ4n) is 3.75. The summed E-state index contributed by atoms with van der Waals surface area (Å²) in [7, 11) is 0. The normalized spacial score (nSPS) is 23.8. The Labute approximate surface area is 136 Å². The van der Waals surface area contributed by atoms with Gasteiger partial charge in [-0.05, 0) is 43.9 Å². The number of hydrogen-bond donors (Lipinski definition) is 2. The summed E-state index contributed by atoms with van der Waals surface area (Å²) < 4.78 is 6.24.